The summed E-state index contributed by atoms with van der Waals surface area (Å²) >= 11 is 0. The van der Waals surface area contributed by atoms with Crippen LogP contribution >= 0.6 is 12.4 Å². The van der Waals surface area contributed by atoms with Crippen molar-refractivity contribution < 1.29 is 4.79 Å². The number of amides is 1. The first kappa shape index (κ1) is 15.7. The minimum absolute atomic E-state index is 0. The zero-order chi connectivity index (χ0) is 12.1. The van der Waals surface area contributed by atoms with Crippen LogP contribution in [0, 0.1) is 0 Å². The van der Waals surface area contributed by atoms with Crippen molar-refractivity contribution in [2.24, 2.45) is 0 Å². The maximum absolute atomic E-state index is 11.8. The number of likely N-dealkylation sites (tertiary alicyclic amines) is 1. The molecule has 2 N–H and O–H groups in total. The highest BCUT2D eigenvalue weighted by Gasteiger charge is 2.21. The fraction of sp³-hybridized carbons (Fsp3) is 0.923. The first-order chi connectivity index (χ1) is 8.28. The van der Waals surface area contributed by atoms with E-state index in [2.05, 4.69) is 15.5 Å². The van der Waals surface area contributed by atoms with Crippen LogP contribution in [0.1, 0.15) is 38.5 Å². The van der Waals surface area contributed by atoms with Gasteiger partial charge in [-0.2, -0.15) is 0 Å². The third-order valence-electron chi connectivity index (χ3n) is 4.08. The number of hydrogen-bond acceptors (Lipinski definition) is 3. The Kier molecular flexibility index (Phi) is 6.97. The lowest BCUT2D eigenvalue weighted by molar-refractivity contribution is -0.123. The molecule has 0 aromatic carbocycles. The zero-order valence-electron chi connectivity index (χ0n) is 11.3. The van der Waals surface area contributed by atoms with Crippen molar-refractivity contribution in [2.75, 3.05) is 26.7 Å². The number of rotatable bonds is 4. The predicted molar refractivity (Wildman–Crippen MR) is 76.2 cm³/mol. The molecule has 0 atom stereocenters. The Morgan fingerprint density at radius 3 is 2.28 bits per heavy atom. The third-order valence-corrected chi connectivity index (χ3v) is 4.08. The van der Waals surface area contributed by atoms with Crippen LogP contribution in [0.3, 0.4) is 0 Å². The zero-order valence-corrected chi connectivity index (χ0v) is 12.1. The molecule has 1 aliphatic heterocycles. The van der Waals surface area contributed by atoms with Crippen LogP contribution in [0.25, 0.3) is 0 Å². The number of hydrogen-bond donors (Lipinski definition) is 2. The maximum Gasteiger partial charge on any atom is 0.234 e. The topological polar surface area (TPSA) is 44.4 Å². The van der Waals surface area contributed by atoms with E-state index in [1.807, 2.05) is 7.05 Å². The van der Waals surface area contributed by atoms with E-state index in [0.717, 1.165) is 25.9 Å². The summed E-state index contributed by atoms with van der Waals surface area (Å²) in [5, 5.41) is 6.46. The van der Waals surface area contributed by atoms with Gasteiger partial charge < -0.3 is 10.6 Å². The van der Waals surface area contributed by atoms with Crippen molar-refractivity contribution in [1.29, 1.82) is 0 Å². The Hall–Kier alpha value is -0.320. The van der Waals surface area contributed by atoms with Crippen molar-refractivity contribution >= 4 is 18.3 Å². The molecule has 106 valence electrons. The first-order valence-corrected chi connectivity index (χ1v) is 6.97. The van der Waals surface area contributed by atoms with Gasteiger partial charge in [0.05, 0.1) is 6.54 Å². The van der Waals surface area contributed by atoms with E-state index in [4.69, 9.17) is 0 Å². The van der Waals surface area contributed by atoms with Gasteiger partial charge in [0, 0.05) is 25.2 Å². The van der Waals surface area contributed by atoms with Crippen molar-refractivity contribution in [3.8, 4) is 0 Å². The normalized spacial score (nSPS) is 22.7. The second kappa shape index (κ2) is 7.97. The molecular weight excluding hydrogens is 250 g/mol. The minimum atomic E-state index is 0. The van der Waals surface area contributed by atoms with Gasteiger partial charge in [-0.15, -0.1) is 12.4 Å². The third kappa shape index (κ3) is 4.75. The van der Waals surface area contributed by atoms with Gasteiger partial charge >= 0.3 is 0 Å². The quantitative estimate of drug-likeness (QED) is 0.809. The summed E-state index contributed by atoms with van der Waals surface area (Å²) in [5.41, 5.74) is 0. The summed E-state index contributed by atoms with van der Waals surface area (Å²) < 4.78 is 0. The standard InChI is InChI=1S/C13H25N3O.ClH/c1-14-11-6-8-16(9-7-11)10-13(17)15-12-4-2-3-5-12;/h11-12,14H,2-10H2,1H3,(H,15,17);1H. The van der Waals surface area contributed by atoms with E-state index in [-0.39, 0.29) is 18.3 Å². The molecule has 0 bridgehead atoms. The van der Waals surface area contributed by atoms with Crippen LogP contribution in [0.15, 0.2) is 0 Å². The van der Waals surface area contributed by atoms with Crippen LogP contribution in [-0.4, -0.2) is 49.6 Å². The molecular formula is C13H26ClN3O. The van der Waals surface area contributed by atoms with Gasteiger partial charge in [-0.3, -0.25) is 9.69 Å². The molecule has 18 heavy (non-hydrogen) atoms. The fourth-order valence-corrected chi connectivity index (χ4v) is 2.93. The highest BCUT2D eigenvalue weighted by Crippen LogP contribution is 2.17. The summed E-state index contributed by atoms with van der Waals surface area (Å²) in [7, 11) is 2.02. The molecule has 1 saturated heterocycles. The number of halogens is 1. The lowest BCUT2D eigenvalue weighted by Crippen LogP contribution is -2.46. The van der Waals surface area contributed by atoms with E-state index in [1.165, 1.54) is 25.7 Å². The molecule has 2 fully saturated rings. The average Bonchev–Trinajstić information content (AvgIpc) is 2.82. The van der Waals surface area contributed by atoms with Gasteiger partial charge in [-0.05, 0) is 32.7 Å². The largest absolute Gasteiger partial charge is 0.352 e. The Morgan fingerprint density at radius 2 is 1.72 bits per heavy atom. The van der Waals surface area contributed by atoms with Crippen LogP contribution in [0.2, 0.25) is 0 Å². The molecule has 1 saturated carbocycles. The van der Waals surface area contributed by atoms with E-state index in [1.54, 1.807) is 0 Å². The number of nitrogens with zero attached hydrogens (tertiary/aromatic N) is 1. The van der Waals surface area contributed by atoms with E-state index in [9.17, 15) is 4.79 Å². The molecule has 1 aliphatic carbocycles. The average molecular weight is 276 g/mol. The lowest BCUT2D eigenvalue weighted by Gasteiger charge is -2.31. The van der Waals surface area contributed by atoms with Crippen molar-refractivity contribution in [1.82, 2.24) is 15.5 Å². The number of carbonyl (C=O) groups excluding carboxylic acids is 1. The molecule has 0 radical (unpaired) electrons. The Balaban J connectivity index is 0.00000162. The number of piperidine rings is 1. The highest BCUT2D eigenvalue weighted by atomic mass is 35.5. The second-order valence-electron chi connectivity index (χ2n) is 5.39. The van der Waals surface area contributed by atoms with Gasteiger partial charge in [0.2, 0.25) is 5.91 Å². The van der Waals surface area contributed by atoms with Crippen LogP contribution in [0.5, 0.6) is 0 Å². The Morgan fingerprint density at radius 1 is 1.11 bits per heavy atom. The van der Waals surface area contributed by atoms with Gasteiger partial charge in [-0.1, -0.05) is 12.8 Å². The summed E-state index contributed by atoms with van der Waals surface area (Å²) in [6.45, 7) is 2.68. The van der Waals surface area contributed by atoms with Crippen LogP contribution in [0.4, 0.5) is 0 Å². The van der Waals surface area contributed by atoms with Gasteiger partial charge in [0.15, 0.2) is 0 Å². The summed E-state index contributed by atoms with van der Waals surface area (Å²) in [4.78, 5) is 14.1. The Labute approximate surface area is 116 Å². The molecule has 1 heterocycles. The van der Waals surface area contributed by atoms with Crippen molar-refractivity contribution in [3.05, 3.63) is 0 Å². The van der Waals surface area contributed by atoms with Crippen LogP contribution in [-0.2, 0) is 4.79 Å². The minimum Gasteiger partial charge on any atom is -0.352 e. The molecule has 5 heteroatoms. The van der Waals surface area contributed by atoms with E-state index >= 15 is 0 Å². The number of carbonyl (C=O) groups is 1. The SMILES string of the molecule is CNC1CCN(CC(=O)NC2CCCC2)CC1.Cl. The Bertz CT molecular complexity index is 249. The molecule has 0 aromatic heterocycles. The summed E-state index contributed by atoms with van der Waals surface area (Å²) in [6, 6.07) is 1.10. The predicted octanol–water partition coefficient (Wildman–Crippen LogP) is 1.15. The summed E-state index contributed by atoms with van der Waals surface area (Å²) in [5.74, 6) is 0.222. The smallest absolute Gasteiger partial charge is 0.234 e. The highest BCUT2D eigenvalue weighted by molar-refractivity contribution is 5.85. The summed E-state index contributed by atoms with van der Waals surface area (Å²) in [6.07, 6.45) is 7.22. The molecule has 2 rings (SSSR count). The van der Waals surface area contributed by atoms with Crippen molar-refractivity contribution in [2.45, 2.75) is 50.6 Å². The van der Waals surface area contributed by atoms with Gasteiger partial charge in [-0.25, -0.2) is 0 Å². The maximum atomic E-state index is 11.8. The molecule has 4 nitrogen and oxygen atoms in total. The molecule has 1 amide bonds. The first-order valence-electron chi connectivity index (χ1n) is 6.97. The van der Waals surface area contributed by atoms with Crippen molar-refractivity contribution in [3.63, 3.8) is 0 Å². The van der Waals surface area contributed by atoms with Gasteiger partial charge in [0.25, 0.3) is 0 Å². The fourth-order valence-electron chi connectivity index (χ4n) is 2.93. The van der Waals surface area contributed by atoms with E-state index in [0.29, 0.717) is 18.6 Å². The molecule has 0 unspecified atom stereocenters. The van der Waals surface area contributed by atoms with Crippen LogP contribution < -0.4 is 10.6 Å². The number of nitrogens with one attached hydrogen (secondary N) is 2. The lowest BCUT2D eigenvalue weighted by atomic mass is 10.1. The second-order valence-corrected chi connectivity index (χ2v) is 5.39. The molecule has 2 aliphatic rings. The van der Waals surface area contributed by atoms with E-state index < -0.39 is 0 Å². The monoisotopic (exact) mass is 275 g/mol. The van der Waals surface area contributed by atoms with Gasteiger partial charge in [0.1, 0.15) is 0 Å². The molecule has 0 spiro atoms. The molecule has 0 aromatic rings.